The van der Waals surface area contributed by atoms with E-state index in [1.165, 1.54) is 6.26 Å². The second-order valence-corrected chi connectivity index (χ2v) is 7.84. The molecular formula is C22H27N5O4. The summed E-state index contributed by atoms with van der Waals surface area (Å²) in [5.74, 6) is 0.255. The minimum absolute atomic E-state index is 0.0240. The number of hydrogen-bond donors (Lipinski definition) is 1. The first kappa shape index (κ1) is 21.0. The van der Waals surface area contributed by atoms with Crippen molar-refractivity contribution in [2.75, 3.05) is 32.7 Å². The molecule has 0 bridgehead atoms. The van der Waals surface area contributed by atoms with Crippen LogP contribution >= 0.6 is 0 Å². The van der Waals surface area contributed by atoms with Gasteiger partial charge in [-0.1, -0.05) is 6.07 Å². The molecule has 0 aromatic carbocycles. The standard InChI is InChI=1S/C22H27N5O4/c28-20(26-13-11-25(12-14-26)10-8-17-4-1-2-9-23-17)7-6-19-21(29)27(22(30)24-19)16-18-5-3-15-31-18/h1-5,9,15,19H,6-8,10-14,16H2,(H,24,30). The first-order valence-corrected chi connectivity index (χ1v) is 10.6. The van der Waals surface area contributed by atoms with E-state index >= 15 is 0 Å². The minimum atomic E-state index is -0.661. The smallest absolute Gasteiger partial charge is 0.325 e. The Hall–Kier alpha value is -3.20. The van der Waals surface area contributed by atoms with Crippen molar-refractivity contribution in [3.63, 3.8) is 0 Å². The Labute approximate surface area is 181 Å². The van der Waals surface area contributed by atoms with Gasteiger partial charge in [0.2, 0.25) is 5.91 Å². The number of aromatic nitrogens is 1. The molecular weight excluding hydrogens is 398 g/mol. The van der Waals surface area contributed by atoms with Crippen LogP contribution in [0.3, 0.4) is 0 Å². The normalized spacial score (nSPS) is 19.7. The summed E-state index contributed by atoms with van der Waals surface area (Å²) >= 11 is 0. The number of carbonyl (C=O) groups is 3. The van der Waals surface area contributed by atoms with E-state index in [1.807, 2.05) is 23.1 Å². The van der Waals surface area contributed by atoms with Crippen LogP contribution in [-0.4, -0.2) is 76.3 Å². The highest BCUT2D eigenvalue weighted by Gasteiger charge is 2.38. The number of urea groups is 1. The fraction of sp³-hybridized carbons (Fsp3) is 0.455. The van der Waals surface area contributed by atoms with Crippen molar-refractivity contribution in [2.24, 2.45) is 0 Å². The molecule has 1 unspecified atom stereocenters. The topological polar surface area (TPSA) is 99.0 Å². The van der Waals surface area contributed by atoms with Gasteiger partial charge in [-0.15, -0.1) is 0 Å². The molecule has 4 heterocycles. The highest BCUT2D eigenvalue weighted by Crippen LogP contribution is 2.16. The van der Waals surface area contributed by atoms with Gasteiger partial charge in [0.25, 0.3) is 5.91 Å². The SMILES string of the molecule is O=C(CCC1NC(=O)N(Cc2ccco2)C1=O)N1CCN(CCc2ccccn2)CC1. The quantitative estimate of drug-likeness (QED) is 0.640. The third-order valence-electron chi connectivity index (χ3n) is 5.78. The first-order chi connectivity index (χ1) is 15.1. The molecule has 31 heavy (non-hydrogen) atoms. The lowest BCUT2D eigenvalue weighted by Gasteiger charge is -2.34. The van der Waals surface area contributed by atoms with Gasteiger partial charge in [-0.25, -0.2) is 4.79 Å². The van der Waals surface area contributed by atoms with Crippen LogP contribution in [0.2, 0.25) is 0 Å². The van der Waals surface area contributed by atoms with Gasteiger partial charge in [-0.05, 0) is 30.7 Å². The number of furan rings is 1. The molecule has 2 aliphatic heterocycles. The number of nitrogens with one attached hydrogen (secondary N) is 1. The minimum Gasteiger partial charge on any atom is -0.467 e. The third-order valence-corrected chi connectivity index (χ3v) is 5.78. The van der Waals surface area contributed by atoms with Gasteiger partial charge in [0, 0.05) is 57.5 Å². The van der Waals surface area contributed by atoms with Crippen LogP contribution in [-0.2, 0) is 22.6 Å². The first-order valence-electron chi connectivity index (χ1n) is 10.6. The Kier molecular flexibility index (Phi) is 6.61. The number of hydrogen-bond acceptors (Lipinski definition) is 6. The summed E-state index contributed by atoms with van der Waals surface area (Å²) < 4.78 is 5.21. The lowest BCUT2D eigenvalue weighted by atomic mass is 10.1. The monoisotopic (exact) mass is 425 g/mol. The number of nitrogens with zero attached hydrogens (tertiary/aromatic N) is 4. The molecule has 2 aliphatic rings. The largest absolute Gasteiger partial charge is 0.467 e. The van der Waals surface area contributed by atoms with Crippen molar-refractivity contribution in [2.45, 2.75) is 31.8 Å². The van der Waals surface area contributed by atoms with Crippen molar-refractivity contribution in [1.29, 1.82) is 0 Å². The Bertz CT molecular complexity index is 894. The van der Waals surface area contributed by atoms with Gasteiger partial charge in [0.1, 0.15) is 11.8 Å². The molecule has 1 atom stereocenters. The fourth-order valence-electron chi connectivity index (χ4n) is 3.95. The zero-order valence-corrected chi connectivity index (χ0v) is 17.4. The molecule has 9 heteroatoms. The summed E-state index contributed by atoms with van der Waals surface area (Å²) in [6.45, 7) is 4.03. The molecule has 0 aliphatic carbocycles. The third kappa shape index (κ3) is 5.29. The number of carbonyl (C=O) groups excluding carboxylic acids is 3. The summed E-state index contributed by atoms with van der Waals surface area (Å²) in [6, 6.07) is 8.25. The molecule has 0 radical (unpaired) electrons. The Morgan fingerprint density at radius 3 is 2.68 bits per heavy atom. The van der Waals surface area contributed by atoms with E-state index in [1.54, 1.807) is 18.3 Å². The van der Waals surface area contributed by atoms with Crippen molar-refractivity contribution in [3.05, 3.63) is 54.2 Å². The number of imide groups is 1. The maximum Gasteiger partial charge on any atom is 0.325 e. The zero-order chi connectivity index (χ0) is 21.6. The summed E-state index contributed by atoms with van der Waals surface area (Å²) in [5.41, 5.74) is 1.07. The van der Waals surface area contributed by atoms with Crippen LogP contribution in [0.25, 0.3) is 0 Å². The molecule has 164 valence electrons. The van der Waals surface area contributed by atoms with Gasteiger partial charge < -0.3 is 14.6 Å². The van der Waals surface area contributed by atoms with Crippen LogP contribution < -0.4 is 5.32 Å². The van der Waals surface area contributed by atoms with Crippen LogP contribution in [0.15, 0.2) is 47.2 Å². The van der Waals surface area contributed by atoms with Crippen LogP contribution in [0, 0.1) is 0 Å². The molecule has 2 saturated heterocycles. The molecule has 0 spiro atoms. The van der Waals surface area contributed by atoms with Gasteiger partial charge in [0.15, 0.2) is 0 Å². The molecule has 4 amide bonds. The van der Waals surface area contributed by atoms with Gasteiger partial charge in [-0.3, -0.25) is 24.4 Å². The summed E-state index contributed by atoms with van der Waals surface area (Å²) in [6.07, 6.45) is 4.74. The van der Waals surface area contributed by atoms with Crippen LogP contribution in [0.5, 0.6) is 0 Å². The van der Waals surface area contributed by atoms with E-state index in [0.717, 1.165) is 36.6 Å². The molecule has 4 rings (SSSR count). The number of piperazine rings is 1. The molecule has 1 N–H and O–H groups in total. The molecule has 9 nitrogen and oxygen atoms in total. The van der Waals surface area contributed by atoms with Crippen molar-refractivity contribution in [1.82, 2.24) is 25.0 Å². The molecule has 2 aromatic rings. The molecule has 2 fully saturated rings. The van der Waals surface area contributed by atoms with Crippen LogP contribution in [0.4, 0.5) is 4.79 Å². The zero-order valence-electron chi connectivity index (χ0n) is 17.4. The van der Waals surface area contributed by atoms with Gasteiger partial charge in [-0.2, -0.15) is 0 Å². The van der Waals surface area contributed by atoms with Crippen molar-refractivity contribution < 1.29 is 18.8 Å². The molecule has 0 saturated carbocycles. The number of amides is 4. The highest BCUT2D eigenvalue weighted by atomic mass is 16.3. The average molecular weight is 425 g/mol. The Morgan fingerprint density at radius 1 is 1.13 bits per heavy atom. The van der Waals surface area contributed by atoms with E-state index < -0.39 is 12.1 Å². The fourth-order valence-corrected chi connectivity index (χ4v) is 3.95. The second-order valence-electron chi connectivity index (χ2n) is 7.84. The average Bonchev–Trinajstić information content (AvgIpc) is 3.41. The maximum absolute atomic E-state index is 12.6. The van der Waals surface area contributed by atoms with E-state index in [9.17, 15) is 14.4 Å². The maximum atomic E-state index is 12.6. The Balaban J connectivity index is 1.18. The number of rotatable bonds is 8. The number of pyridine rings is 1. The highest BCUT2D eigenvalue weighted by molar-refractivity contribution is 6.04. The van der Waals surface area contributed by atoms with E-state index in [2.05, 4.69) is 15.2 Å². The lowest BCUT2D eigenvalue weighted by Crippen LogP contribution is -2.49. The summed E-state index contributed by atoms with van der Waals surface area (Å²) in [7, 11) is 0. The lowest BCUT2D eigenvalue weighted by molar-refractivity contribution is -0.133. The second kappa shape index (κ2) is 9.74. The van der Waals surface area contributed by atoms with Crippen molar-refractivity contribution in [3.8, 4) is 0 Å². The van der Waals surface area contributed by atoms with Gasteiger partial charge in [0.05, 0.1) is 12.8 Å². The van der Waals surface area contributed by atoms with Crippen LogP contribution in [0.1, 0.15) is 24.3 Å². The van der Waals surface area contributed by atoms with Gasteiger partial charge >= 0.3 is 6.03 Å². The van der Waals surface area contributed by atoms with E-state index in [4.69, 9.17) is 4.42 Å². The Morgan fingerprint density at radius 2 is 1.97 bits per heavy atom. The summed E-state index contributed by atoms with van der Waals surface area (Å²) in [5, 5.41) is 2.67. The predicted molar refractivity (Wildman–Crippen MR) is 112 cm³/mol. The van der Waals surface area contributed by atoms with E-state index in [-0.39, 0.29) is 24.8 Å². The molecule has 2 aromatic heterocycles. The van der Waals surface area contributed by atoms with Crippen molar-refractivity contribution >= 4 is 17.8 Å². The summed E-state index contributed by atoms with van der Waals surface area (Å²) in [4.78, 5) is 46.9. The predicted octanol–water partition coefficient (Wildman–Crippen LogP) is 1.26. The van der Waals surface area contributed by atoms with E-state index in [0.29, 0.717) is 25.3 Å².